The molecule has 0 saturated heterocycles. The van der Waals surface area contributed by atoms with Crippen LogP contribution in [0.15, 0.2) is 48.5 Å². The summed E-state index contributed by atoms with van der Waals surface area (Å²) in [5.41, 5.74) is 7.68. The molecule has 0 aliphatic carbocycles. The van der Waals surface area contributed by atoms with E-state index in [2.05, 4.69) is 10.6 Å². The average molecular weight is 287 g/mol. The molecule has 4 nitrogen and oxygen atoms in total. The van der Waals surface area contributed by atoms with Gasteiger partial charge in [0.2, 0.25) is 0 Å². The highest BCUT2D eigenvalue weighted by Crippen LogP contribution is 2.15. The summed E-state index contributed by atoms with van der Waals surface area (Å²) >= 11 is 0. The van der Waals surface area contributed by atoms with Crippen LogP contribution in [-0.4, -0.2) is 6.03 Å². The lowest BCUT2D eigenvalue weighted by atomic mass is 10.1. The third kappa shape index (κ3) is 4.03. The molecule has 110 valence electrons. The lowest BCUT2D eigenvalue weighted by molar-refractivity contribution is 0.249. The molecule has 1 atom stereocenters. The Hall–Kier alpha value is -2.40. The second-order valence-electron chi connectivity index (χ2n) is 4.75. The Morgan fingerprint density at radius 2 is 1.86 bits per heavy atom. The normalized spacial score (nSPS) is 11.8. The molecule has 2 amide bonds. The van der Waals surface area contributed by atoms with Crippen LogP contribution in [-0.2, 0) is 6.54 Å². The minimum Gasteiger partial charge on any atom is -0.331 e. The third-order valence-electron chi connectivity index (χ3n) is 3.19. The van der Waals surface area contributed by atoms with Gasteiger partial charge in [-0.05, 0) is 30.2 Å². The molecule has 0 aliphatic rings. The smallest absolute Gasteiger partial charge is 0.319 e. The molecule has 0 radical (unpaired) electrons. The molecule has 1 unspecified atom stereocenters. The van der Waals surface area contributed by atoms with Gasteiger partial charge < -0.3 is 16.4 Å². The van der Waals surface area contributed by atoms with Crippen LogP contribution in [0.5, 0.6) is 0 Å². The number of para-hydroxylation sites is 1. The van der Waals surface area contributed by atoms with E-state index < -0.39 is 11.8 Å². The largest absolute Gasteiger partial charge is 0.331 e. The summed E-state index contributed by atoms with van der Waals surface area (Å²) in [5.74, 6) is -0.465. The number of rotatable bonds is 4. The number of halogens is 1. The zero-order valence-corrected chi connectivity index (χ0v) is 11.8. The summed E-state index contributed by atoms with van der Waals surface area (Å²) in [7, 11) is 0. The Kier molecular flexibility index (Phi) is 4.90. The van der Waals surface area contributed by atoms with E-state index in [0.29, 0.717) is 6.54 Å². The van der Waals surface area contributed by atoms with Gasteiger partial charge in [-0.25, -0.2) is 9.18 Å². The van der Waals surface area contributed by atoms with Crippen molar-refractivity contribution in [1.29, 1.82) is 0 Å². The minimum atomic E-state index is -0.465. The minimum absolute atomic E-state index is 0.153. The fourth-order valence-electron chi connectivity index (χ4n) is 1.94. The summed E-state index contributed by atoms with van der Waals surface area (Å²) in [6.07, 6.45) is 0. The molecule has 0 saturated carbocycles. The zero-order valence-electron chi connectivity index (χ0n) is 11.8. The van der Waals surface area contributed by atoms with Gasteiger partial charge in [0.15, 0.2) is 0 Å². The Labute approximate surface area is 123 Å². The highest BCUT2D eigenvalue weighted by molar-refractivity contribution is 5.89. The van der Waals surface area contributed by atoms with E-state index in [1.54, 1.807) is 12.1 Å². The van der Waals surface area contributed by atoms with E-state index in [0.717, 1.165) is 11.1 Å². The van der Waals surface area contributed by atoms with Crippen molar-refractivity contribution < 1.29 is 9.18 Å². The lowest BCUT2D eigenvalue weighted by Gasteiger charge is -2.15. The molecule has 4 N–H and O–H groups in total. The number of nitrogens with one attached hydrogen (secondary N) is 2. The van der Waals surface area contributed by atoms with E-state index in [9.17, 15) is 9.18 Å². The monoisotopic (exact) mass is 287 g/mol. The fraction of sp³-hybridized carbons (Fsp3) is 0.188. The van der Waals surface area contributed by atoms with Crippen LogP contribution in [0.3, 0.4) is 0 Å². The van der Waals surface area contributed by atoms with Crippen LogP contribution < -0.4 is 16.4 Å². The van der Waals surface area contributed by atoms with Crippen molar-refractivity contribution in [1.82, 2.24) is 5.32 Å². The maximum atomic E-state index is 13.4. The van der Waals surface area contributed by atoms with Crippen LogP contribution in [0.1, 0.15) is 24.1 Å². The molecular weight excluding hydrogens is 269 g/mol. The van der Waals surface area contributed by atoms with Crippen LogP contribution in [0.4, 0.5) is 14.9 Å². The van der Waals surface area contributed by atoms with Crippen molar-refractivity contribution in [2.75, 3.05) is 5.32 Å². The molecule has 0 spiro atoms. The first-order valence-corrected chi connectivity index (χ1v) is 6.71. The molecule has 0 heterocycles. The van der Waals surface area contributed by atoms with Gasteiger partial charge in [0.25, 0.3) is 0 Å². The number of anilines is 1. The first kappa shape index (κ1) is 15.0. The second kappa shape index (κ2) is 6.85. The molecule has 0 aromatic heterocycles. The number of hydrogen-bond acceptors (Lipinski definition) is 2. The van der Waals surface area contributed by atoms with E-state index >= 15 is 0 Å². The standard InChI is InChI=1S/C16H18FN3O/c1-11(13-8-6-12(10-18)7-9-13)19-16(21)20-15-5-3-2-4-14(15)17/h2-9,11H,10,18H2,1H3,(H2,19,20,21). The summed E-state index contributed by atoms with van der Waals surface area (Å²) in [6, 6.07) is 13.1. The number of nitrogens with two attached hydrogens (primary N) is 1. The van der Waals surface area contributed by atoms with Crippen LogP contribution in [0.25, 0.3) is 0 Å². The number of urea groups is 1. The van der Waals surface area contributed by atoms with Gasteiger partial charge in [0.05, 0.1) is 11.7 Å². The van der Waals surface area contributed by atoms with Crippen molar-refractivity contribution in [2.45, 2.75) is 19.5 Å². The molecule has 2 aromatic rings. The SMILES string of the molecule is CC(NC(=O)Nc1ccccc1F)c1ccc(CN)cc1. The van der Waals surface area contributed by atoms with Crippen molar-refractivity contribution in [3.63, 3.8) is 0 Å². The number of amides is 2. The van der Waals surface area contributed by atoms with Gasteiger partial charge in [-0.2, -0.15) is 0 Å². The molecule has 2 aromatic carbocycles. The number of benzene rings is 2. The highest BCUT2D eigenvalue weighted by atomic mass is 19.1. The number of hydrogen-bond donors (Lipinski definition) is 3. The predicted octanol–water partition coefficient (Wildman–Crippen LogP) is 3.17. The first-order chi connectivity index (χ1) is 10.1. The van der Waals surface area contributed by atoms with Crippen LogP contribution in [0.2, 0.25) is 0 Å². The van der Waals surface area contributed by atoms with Crippen molar-refractivity contribution in [2.24, 2.45) is 5.73 Å². The van der Waals surface area contributed by atoms with Gasteiger partial charge in [-0.3, -0.25) is 0 Å². The Balaban J connectivity index is 1.97. The van der Waals surface area contributed by atoms with E-state index in [-0.39, 0.29) is 11.7 Å². The molecule has 0 fully saturated rings. The number of carbonyl (C=O) groups excluding carboxylic acids is 1. The van der Waals surface area contributed by atoms with Crippen LogP contribution >= 0.6 is 0 Å². The molecular formula is C16H18FN3O. The highest BCUT2D eigenvalue weighted by Gasteiger charge is 2.11. The van der Waals surface area contributed by atoms with Gasteiger partial charge in [-0.15, -0.1) is 0 Å². The quantitative estimate of drug-likeness (QED) is 0.808. The maximum Gasteiger partial charge on any atom is 0.319 e. The van der Waals surface area contributed by atoms with E-state index in [1.165, 1.54) is 12.1 Å². The Morgan fingerprint density at radius 1 is 1.19 bits per heavy atom. The van der Waals surface area contributed by atoms with E-state index in [1.807, 2.05) is 31.2 Å². The zero-order chi connectivity index (χ0) is 15.2. The topological polar surface area (TPSA) is 67.2 Å². The fourth-order valence-corrected chi connectivity index (χ4v) is 1.94. The summed E-state index contributed by atoms with van der Waals surface area (Å²) in [5, 5.41) is 5.25. The van der Waals surface area contributed by atoms with Gasteiger partial charge >= 0.3 is 6.03 Å². The van der Waals surface area contributed by atoms with E-state index in [4.69, 9.17) is 5.73 Å². The van der Waals surface area contributed by atoms with Crippen LogP contribution in [0, 0.1) is 5.82 Å². The Morgan fingerprint density at radius 3 is 2.48 bits per heavy atom. The summed E-state index contributed by atoms with van der Waals surface area (Å²) in [6.45, 7) is 2.34. The summed E-state index contributed by atoms with van der Waals surface area (Å²) < 4.78 is 13.4. The third-order valence-corrected chi connectivity index (χ3v) is 3.19. The predicted molar refractivity (Wildman–Crippen MR) is 81.3 cm³/mol. The van der Waals surface area contributed by atoms with Gasteiger partial charge in [0.1, 0.15) is 5.82 Å². The second-order valence-corrected chi connectivity index (χ2v) is 4.75. The van der Waals surface area contributed by atoms with Crippen molar-refractivity contribution in [3.8, 4) is 0 Å². The van der Waals surface area contributed by atoms with Gasteiger partial charge in [-0.1, -0.05) is 36.4 Å². The summed E-state index contributed by atoms with van der Waals surface area (Å²) in [4.78, 5) is 11.9. The van der Waals surface area contributed by atoms with Crippen molar-refractivity contribution >= 4 is 11.7 Å². The van der Waals surface area contributed by atoms with Crippen molar-refractivity contribution in [3.05, 3.63) is 65.5 Å². The van der Waals surface area contributed by atoms with Gasteiger partial charge in [0, 0.05) is 6.54 Å². The number of carbonyl (C=O) groups is 1. The Bertz CT molecular complexity index is 613. The molecule has 2 rings (SSSR count). The average Bonchev–Trinajstić information content (AvgIpc) is 2.49. The first-order valence-electron chi connectivity index (χ1n) is 6.71. The molecule has 0 aliphatic heterocycles. The lowest BCUT2D eigenvalue weighted by Crippen LogP contribution is -2.31. The molecule has 5 heteroatoms. The molecule has 21 heavy (non-hydrogen) atoms. The molecule has 0 bridgehead atoms. The maximum absolute atomic E-state index is 13.4.